The van der Waals surface area contributed by atoms with Crippen LogP contribution >= 0.6 is 11.6 Å². The lowest BCUT2D eigenvalue weighted by molar-refractivity contribution is -0.385. The number of nitro groups is 1. The Bertz CT molecular complexity index is 689. The average Bonchev–Trinajstić information content (AvgIpc) is 2.75. The summed E-state index contributed by atoms with van der Waals surface area (Å²) in [5.41, 5.74) is -0.468. The third-order valence-electron chi connectivity index (χ3n) is 3.28. The molecule has 0 aliphatic carbocycles. The van der Waals surface area contributed by atoms with Crippen molar-refractivity contribution in [1.82, 2.24) is 5.32 Å². The van der Waals surface area contributed by atoms with E-state index in [-0.39, 0.29) is 40.2 Å². The predicted molar refractivity (Wildman–Crippen MR) is 77.2 cm³/mol. The minimum absolute atomic E-state index is 0.0327. The van der Waals surface area contributed by atoms with Crippen LogP contribution in [0.5, 0.6) is 0 Å². The van der Waals surface area contributed by atoms with Gasteiger partial charge in [-0.25, -0.2) is 8.42 Å². The molecule has 1 aliphatic heterocycles. The molecule has 0 saturated carbocycles. The molecule has 7 nitrogen and oxygen atoms in total. The largest absolute Gasteiger partial charge is 0.352 e. The fraction of sp³-hybridized carbons (Fsp3) is 0.417. The predicted octanol–water partition coefficient (Wildman–Crippen LogP) is 1.41. The Labute approximate surface area is 126 Å². The number of nitrogens with one attached hydrogen (secondary N) is 1. The molecule has 1 N–H and O–H groups in total. The number of sulfone groups is 1. The van der Waals surface area contributed by atoms with Gasteiger partial charge in [-0.15, -0.1) is 0 Å². The Morgan fingerprint density at radius 3 is 2.76 bits per heavy atom. The van der Waals surface area contributed by atoms with E-state index in [4.69, 9.17) is 11.6 Å². The molecule has 1 fully saturated rings. The van der Waals surface area contributed by atoms with E-state index in [1.165, 1.54) is 12.1 Å². The second-order valence-corrected chi connectivity index (χ2v) is 7.56. The molecule has 9 heteroatoms. The molecule has 1 unspecified atom stereocenters. The molecule has 1 aromatic rings. The number of rotatable bonds is 4. The van der Waals surface area contributed by atoms with Gasteiger partial charge in [0.25, 0.3) is 11.6 Å². The van der Waals surface area contributed by atoms with Crippen LogP contribution in [0.2, 0.25) is 5.02 Å². The Morgan fingerprint density at radius 2 is 2.19 bits per heavy atom. The summed E-state index contributed by atoms with van der Waals surface area (Å²) in [5.74, 6) is -0.638. The van der Waals surface area contributed by atoms with Crippen molar-refractivity contribution >= 4 is 33.0 Å². The second-order valence-electron chi connectivity index (χ2n) is 4.90. The Balaban J connectivity index is 2.07. The molecule has 0 spiro atoms. The van der Waals surface area contributed by atoms with Gasteiger partial charge >= 0.3 is 0 Å². The zero-order valence-corrected chi connectivity index (χ0v) is 12.5. The van der Waals surface area contributed by atoms with Crippen molar-refractivity contribution in [3.05, 3.63) is 38.9 Å². The van der Waals surface area contributed by atoms with E-state index in [1.54, 1.807) is 0 Å². The number of amides is 1. The van der Waals surface area contributed by atoms with Gasteiger partial charge in [-0.3, -0.25) is 14.9 Å². The fourth-order valence-corrected chi connectivity index (χ4v) is 4.25. The molecule has 0 bridgehead atoms. The standard InChI is InChI=1S/C12H13ClN2O5S/c13-9-1-2-11(15(17)18)10(5-9)12(16)14-6-8-3-4-21(19,20)7-8/h1-2,5,8H,3-4,6-7H2,(H,14,16). The molecule has 1 aliphatic rings. The summed E-state index contributed by atoms with van der Waals surface area (Å²) in [4.78, 5) is 22.2. The van der Waals surface area contributed by atoms with Gasteiger partial charge in [0.15, 0.2) is 9.84 Å². The summed E-state index contributed by atoms with van der Waals surface area (Å²) in [6, 6.07) is 3.72. The van der Waals surface area contributed by atoms with Crippen LogP contribution < -0.4 is 5.32 Å². The fourth-order valence-electron chi connectivity index (χ4n) is 2.21. The number of nitrogens with zero attached hydrogens (tertiary/aromatic N) is 1. The number of hydrogen-bond acceptors (Lipinski definition) is 5. The number of benzene rings is 1. The summed E-state index contributed by atoms with van der Waals surface area (Å²) >= 11 is 5.75. The lowest BCUT2D eigenvalue weighted by Gasteiger charge is -2.10. The molecular formula is C12H13ClN2O5S. The molecule has 21 heavy (non-hydrogen) atoms. The molecule has 1 aromatic carbocycles. The smallest absolute Gasteiger partial charge is 0.282 e. The van der Waals surface area contributed by atoms with Crippen molar-refractivity contribution in [2.24, 2.45) is 5.92 Å². The van der Waals surface area contributed by atoms with Crippen LogP contribution in [-0.4, -0.2) is 37.3 Å². The van der Waals surface area contributed by atoms with E-state index in [2.05, 4.69) is 5.32 Å². The zero-order valence-electron chi connectivity index (χ0n) is 10.9. The number of halogens is 1. The van der Waals surface area contributed by atoms with E-state index < -0.39 is 20.7 Å². The highest BCUT2D eigenvalue weighted by Crippen LogP contribution is 2.23. The molecule has 114 valence electrons. The molecule has 0 radical (unpaired) electrons. The van der Waals surface area contributed by atoms with Gasteiger partial charge in [-0.05, 0) is 24.5 Å². The van der Waals surface area contributed by atoms with Crippen LogP contribution in [0, 0.1) is 16.0 Å². The highest BCUT2D eigenvalue weighted by atomic mass is 35.5. The van der Waals surface area contributed by atoms with Crippen LogP contribution in [-0.2, 0) is 9.84 Å². The first-order valence-electron chi connectivity index (χ1n) is 6.21. The van der Waals surface area contributed by atoms with Crippen molar-refractivity contribution in [2.45, 2.75) is 6.42 Å². The molecule has 0 aromatic heterocycles. The van der Waals surface area contributed by atoms with Gasteiger partial charge in [-0.1, -0.05) is 11.6 Å². The van der Waals surface area contributed by atoms with E-state index in [0.29, 0.717) is 6.42 Å². The quantitative estimate of drug-likeness (QED) is 0.662. The first kappa shape index (κ1) is 15.7. The molecule has 1 saturated heterocycles. The van der Waals surface area contributed by atoms with Crippen molar-refractivity contribution in [3.63, 3.8) is 0 Å². The average molecular weight is 333 g/mol. The zero-order chi connectivity index (χ0) is 15.6. The topological polar surface area (TPSA) is 106 Å². The van der Waals surface area contributed by atoms with Gasteiger partial charge in [0.2, 0.25) is 0 Å². The maximum absolute atomic E-state index is 12.0. The first-order chi connectivity index (χ1) is 9.78. The summed E-state index contributed by atoms with van der Waals surface area (Å²) in [7, 11) is -3.02. The van der Waals surface area contributed by atoms with Crippen molar-refractivity contribution in [1.29, 1.82) is 0 Å². The van der Waals surface area contributed by atoms with Crippen LogP contribution in [0.15, 0.2) is 18.2 Å². The monoisotopic (exact) mass is 332 g/mol. The third-order valence-corrected chi connectivity index (χ3v) is 5.35. The maximum Gasteiger partial charge on any atom is 0.282 e. The number of nitro benzene ring substituents is 1. The molecule has 1 atom stereocenters. The number of hydrogen-bond donors (Lipinski definition) is 1. The SMILES string of the molecule is O=C(NCC1CCS(=O)(=O)C1)c1cc(Cl)ccc1[N+](=O)[O-]. The summed E-state index contributed by atoms with van der Waals surface area (Å²) < 4.78 is 22.6. The van der Waals surface area contributed by atoms with Gasteiger partial charge in [0.05, 0.1) is 16.4 Å². The normalized spacial score (nSPS) is 20.1. The Kier molecular flexibility index (Phi) is 4.48. The molecule has 1 heterocycles. The van der Waals surface area contributed by atoms with E-state index in [1.807, 2.05) is 0 Å². The lowest BCUT2D eigenvalue weighted by atomic mass is 10.1. The van der Waals surface area contributed by atoms with Crippen molar-refractivity contribution in [3.8, 4) is 0 Å². The highest BCUT2D eigenvalue weighted by Gasteiger charge is 2.28. The molecule has 1 amide bonds. The Morgan fingerprint density at radius 1 is 1.48 bits per heavy atom. The van der Waals surface area contributed by atoms with Crippen LogP contribution in [0.4, 0.5) is 5.69 Å². The summed E-state index contributed by atoms with van der Waals surface area (Å²) in [6.45, 7) is 0.168. The van der Waals surface area contributed by atoms with Crippen LogP contribution in [0.25, 0.3) is 0 Å². The highest BCUT2D eigenvalue weighted by molar-refractivity contribution is 7.91. The van der Waals surface area contributed by atoms with E-state index in [0.717, 1.165) is 6.07 Å². The van der Waals surface area contributed by atoms with E-state index >= 15 is 0 Å². The maximum atomic E-state index is 12.0. The minimum Gasteiger partial charge on any atom is -0.352 e. The minimum atomic E-state index is -3.02. The Hall–Kier alpha value is -1.67. The summed E-state index contributed by atoms with van der Waals surface area (Å²) in [5, 5.41) is 13.6. The van der Waals surface area contributed by atoms with Gasteiger partial charge < -0.3 is 5.32 Å². The van der Waals surface area contributed by atoms with Gasteiger partial charge in [0, 0.05) is 17.6 Å². The summed E-state index contributed by atoms with van der Waals surface area (Å²) in [6.07, 6.45) is 0.486. The van der Waals surface area contributed by atoms with Gasteiger partial charge in [-0.2, -0.15) is 0 Å². The third kappa shape index (κ3) is 3.92. The van der Waals surface area contributed by atoms with Crippen molar-refractivity contribution in [2.75, 3.05) is 18.1 Å². The van der Waals surface area contributed by atoms with Gasteiger partial charge in [0.1, 0.15) is 5.56 Å². The van der Waals surface area contributed by atoms with Crippen molar-refractivity contribution < 1.29 is 18.1 Å². The number of carbonyl (C=O) groups excluding carboxylic acids is 1. The lowest BCUT2D eigenvalue weighted by Crippen LogP contribution is -2.30. The molecule has 2 rings (SSSR count). The second kappa shape index (κ2) is 5.98. The number of carbonyl (C=O) groups is 1. The van der Waals surface area contributed by atoms with Crippen LogP contribution in [0.3, 0.4) is 0 Å². The molecular weight excluding hydrogens is 320 g/mol. The first-order valence-corrected chi connectivity index (χ1v) is 8.41. The van der Waals surface area contributed by atoms with E-state index in [9.17, 15) is 23.3 Å². The van der Waals surface area contributed by atoms with Crippen LogP contribution in [0.1, 0.15) is 16.8 Å².